The quantitative estimate of drug-likeness (QED) is 0.651. The highest BCUT2D eigenvalue weighted by molar-refractivity contribution is 5.62. The Kier molecular flexibility index (Phi) is 4.24. The highest BCUT2D eigenvalue weighted by Crippen LogP contribution is 2.35. The second-order valence-electron chi connectivity index (χ2n) is 5.16. The van der Waals surface area contributed by atoms with Crippen LogP contribution >= 0.6 is 0 Å². The van der Waals surface area contributed by atoms with Crippen LogP contribution in [0, 0.1) is 17.0 Å². The molecule has 0 saturated carbocycles. The highest BCUT2D eigenvalue weighted by atomic mass is 16.6. The van der Waals surface area contributed by atoms with Gasteiger partial charge in [0.05, 0.1) is 30.8 Å². The SMILES string of the molecule is Cc1nn(C(C)C)c(N2CCOCC2CO)c1[N+](=O)[O-]. The lowest BCUT2D eigenvalue weighted by molar-refractivity contribution is -0.384. The van der Waals surface area contributed by atoms with Gasteiger partial charge in [0.25, 0.3) is 0 Å². The molecule has 1 saturated heterocycles. The van der Waals surface area contributed by atoms with Crippen LogP contribution in [0.25, 0.3) is 0 Å². The van der Waals surface area contributed by atoms with Crippen LogP contribution in [0.4, 0.5) is 11.5 Å². The van der Waals surface area contributed by atoms with Gasteiger partial charge in [-0.15, -0.1) is 0 Å². The van der Waals surface area contributed by atoms with E-state index in [0.29, 0.717) is 31.3 Å². The average molecular weight is 284 g/mol. The van der Waals surface area contributed by atoms with Crippen molar-refractivity contribution in [1.82, 2.24) is 9.78 Å². The fraction of sp³-hybridized carbons (Fsp3) is 0.750. The van der Waals surface area contributed by atoms with Crippen molar-refractivity contribution in [3.8, 4) is 0 Å². The van der Waals surface area contributed by atoms with E-state index in [1.807, 2.05) is 18.7 Å². The van der Waals surface area contributed by atoms with E-state index in [1.54, 1.807) is 11.6 Å². The molecule has 2 rings (SSSR count). The van der Waals surface area contributed by atoms with Crippen LogP contribution in [0.3, 0.4) is 0 Å². The molecule has 1 aliphatic rings. The third kappa shape index (κ3) is 2.48. The summed E-state index contributed by atoms with van der Waals surface area (Å²) in [5.74, 6) is 0.463. The van der Waals surface area contributed by atoms with Crippen molar-refractivity contribution in [2.75, 3.05) is 31.3 Å². The normalized spacial score (nSPS) is 19.6. The van der Waals surface area contributed by atoms with Gasteiger partial charge in [0.15, 0.2) is 0 Å². The van der Waals surface area contributed by atoms with E-state index in [4.69, 9.17) is 4.74 Å². The molecule has 2 heterocycles. The first kappa shape index (κ1) is 14.7. The third-order valence-corrected chi connectivity index (χ3v) is 3.41. The lowest BCUT2D eigenvalue weighted by atomic mass is 10.2. The summed E-state index contributed by atoms with van der Waals surface area (Å²) >= 11 is 0. The summed E-state index contributed by atoms with van der Waals surface area (Å²) < 4.78 is 6.99. The number of hydrogen-bond acceptors (Lipinski definition) is 6. The molecule has 1 aromatic heterocycles. The number of nitrogens with zero attached hydrogens (tertiary/aromatic N) is 4. The number of ether oxygens (including phenoxy) is 1. The van der Waals surface area contributed by atoms with Gasteiger partial charge in [-0.2, -0.15) is 5.10 Å². The summed E-state index contributed by atoms with van der Waals surface area (Å²) in [6, 6.07) is -0.282. The second-order valence-corrected chi connectivity index (χ2v) is 5.16. The molecular weight excluding hydrogens is 264 g/mol. The first-order valence-corrected chi connectivity index (χ1v) is 6.66. The van der Waals surface area contributed by atoms with Gasteiger partial charge in [-0.3, -0.25) is 10.1 Å². The van der Waals surface area contributed by atoms with E-state index in [2.05, 4.69) is 5.10 Å². The van der Waals surface area contributed by atoms with Gasteiger partial charge in [0.2, 0.25) is 5.82 Å². The molecule has 0 aromatic carbocycles. The number of aromatic nitrogens is 2. The summed E-state index contributed by atoms with van der Waals surface area (Å²) in [6.07, 6.45) is 0. The standard InChI is InChI=1S/C12H20N4O4/c1-8(2)15-12(11(16(18)19)9(3)13-15)14-4-5-20-7-10(14)6-17/h8,10,17H,4-7H2,1-3H3. The van der Waals surface area contributed by atoms with Crippen LogP contribution in [0.2, 0.25) is 0 Å². The van der Waals surface area contributed by atoms with Crippen LogP contribution in [0.15, 0.2) is 0 Å². The molecule has 1 aliphatic heterocycles. The zero-order valence-corrected chi connectivity index (χ0v) is 11.9. The first-order valence-electron chi connectivity index (χ1n) is 6.66. The smallest absolute Gasteiger partial charge is 0.333 e. The van der Waals surface area contributed by atoms with E-state index in [0.717, 1.165) is 0 Å². The fourth-order valence-electron chi connectivity index (χ4n) is 2.45. The molecule has 0 aliphatic carbocycles. The molecule has 8 heteroatoms. The zero-order chi connectivity index (χ0) is 14.9. The maximum atomic E-state index is 11.3. The van der Waals surface area contributed by atoms with Gasteiger partial charge in [-0.1, -0.05) is 0 Å². The summed E-state index contributed by atoms with van der Waals surface area (Å²) in [7, 11) is 0. The highest BCUT2D eigenvalue weighted by Gasteiger charge is 2.35. The van der Waals surface area contributed by atoms with E-state index < -0.39 is 4.92 Å². The minimum absolute atomic E-state index is 0.000382. The molecule has 0 radical (unpaired) electrons. The van der Waals surface area contributed by atoms with E-state index in [1.165, 1.54) is 0 Å². The van der Waals surface area contributed by atoms with Crippen molar-refractivity contribution < 1.29 is 14.8 Å². The molecule has 1 fully saturated rings. The Bertz CT molecular complexity index is 500. The Morgan fingerprint density at radius 2 is 2.30 bits per heavy atom. The van der Waals surface area contributed by atoms with Crippen LogP contribution < -0.4 is 4.90 Å². The Balaban J connectivity index is 2.54. The van der Waals surface area contributed by atoms with Crippen LogP contribution in [0.1, 0.15) is 25.6 Å². The van der Waals surface area contributed by atoms with Gasteiger partial charge >= 0.3 is 5.69 Å². The molecule has 0 bridgehead atoms. The number of nitro groups is 1. The molecule has 8 nitrogen and oxygen atoms in total. The summed E-state index contributed by atoms with van der Waals surface area (Å²) in [6.45, 7) is 6.71. The molecule has 1 aromatic rings. The monoisotopic (exact) mass is 284 g/mol. The van der Waals surface area contributed by atoms with Crippen LogP contribution in [0.5, 0.6) is 0 Å². The predicted molar refractivity (Wildman–Crippen MR) is 73.0 cm³/mol. The van der Waals surface area contributed by atoms with Crippen molar-refractivity contribution in [2.45, 2.75) is 32.9 Å². The molecule has 112 valence electrons. The van der Waals surface area contributed by atoms with Crippen molar-refractivity contribution in [1.29, 1.82) is 0 Å². The van der Waals surface area contributed by atoms with E-state index >= 15 is 0 Å². The maximum Gasteiger partial charge on any atom is 0.333 e. The molecular formula is C12H20N4O4. The van der Waals surface area contributed by atoms with Crippen LogP contribution in [-0.4, -0.2) is 52.2 Å². The maximum absolute atomic E-state index is 11.3. The van der Waals surface area contributed by atoms with E-state index in [9.17, 15) is 15.2 Å². The number of anilines is 1. The van der Waals surface area contributed by atoms with Gasteiger partial charge < -0.3 is 14.7 Å². The molecule has 20 heavy (non-hydrogen) atoms. The Morgan fingerprint density at radius 3 is 2.85 bits per heavy atom. The number of rotatable bonds is 4. The van der Waals surface area contributed by atoms with Crippen LogP contribution in [-0.2, 0) is 4.74 Å². The Labute approximate surface area is 117 Å². The van der Waals surface area contributed by atoms with Crippen molar-refractivity contribution in [3.05, 3.63) is 15.8 Å². The molecule has 1 unspecified atom stereocenters. The summed E-state index contributed by atoms with van der Waals surface area (Å²) in [4.78, 5) is 12.8. The van der Waals surface area contributed by atoms with Gasteiger partial charge in [0.1, 0.15) is 5.69 Å². The number of aliphatic hydroxyl groups is 1. The van der Waals surface area contributed by atoms with Crippen molar-refractivity contribution in [2.24, 2.45) is 0 Å². The molecule has 1 N–H and O–H groups in total. The first-order chi connectivity index (χ1) is 9.47. The largest absolute Gasteiger partial charge is 0.394 e. The predicted octanol–water partition coefficient (Wildman–Crippen LogP) is 0.878. The topological polar surface area (TPSA) is 93.7 Å². The second kappa shape index (κ2) is 5.76. The van der Waals surface area contributed by atoms with Crippen molar-refractivity contribution in [3.63, 3.8) is 0 Å². The Morgan fingerprint density at radius 1 is 1.60 bits per heavy atom. The zero-order valence-electron chi connectivity index (χ0n) is 11.9. The minimum Gasteiger partial charge on any atom is -0.394 e. The Hall–Kier alpha value is -1.67. The molecule has 1 atom stereocenters. The number of morpholine rings is 1. The molecule has 0 amide bonds. The van der Waals surface area contributed by atoms with Gasteiger partial charge in [0, 0.05) is 12.6 Å². The lowest BCUT2D eigenvalue weighted by Gasteiger charge is -2.36. The summed E-state index contributed by atoms with van der Waals surface area (Å²) in [5, 5.41) is 25.1. The average Bonchev–Trinajstić information content (AvgIpc) is 2.76. The minimum atomic E-state index is -0.402. The molecule has 0 spiro atoms. The van der Waals surface area contributed by atoms with Crippen molar-refractivity contribution >= 4 is 11.5 Å². The van der Waals surface area contributed by atoms with E-state index in [-0.39, 0.29) is 24.4 Å². The fourth-order valence-corrected chi connectivity index (χ4v) is 2.45. The lowest BCUT2D eigenvalue weighted by Crippen LogP contribution is -2.48. The number of aryl methyl sites for hydroxylation is 1. The third-order valence-electron chi connectivity index (χ3n) is 3.41. The summed E-state index contributed by atoms with van der Waals surface area (Å²) in [5.41, 5.74) is 0.404. The number of aliphatic hydroxyl groups excluding tert-OH is 1. The number of hydrogen-bond donors (Lipinski definition) is 1. The van der Waals surface area contributed by atoms with Gasteiger partial charge in [-0.25, -0.2) is 4.68 Å². The van der Waals surface area contributed by atoms with Gasteiger partial charge in [-0.05, 0) is 20.8 Å².